The summed E-state index contributed by atoms with van der Waals surface area (Å²) in [7, 11) is 0. The molecule has 1 aromatic heterocycles. The van der Waals surface area contributed by atoms with Gasteiger partial charge in [-0.3, -0.25) is 4.79 Å². The molecule has 2 aliphatic rings. The smallest absolute Gasteiger partial charge is 0.341 e. The lowest BCUT2D eigenvalue weighted by Gasteiger charge is -2.24. The van der Waals surface area contributed by atoms with Gasteiger partial charge >= 0.3 is 5.97 Å². The van der Waals surface area contributed by atoms with Gasteiger partial charge in [-0.25, -0.2) is 13.6 Å². The third-order valence-electron chi connectivity index (χ3n) is 5.82. The number of anilines is 2. The predicted octanol–water partition coefficient (Wildman–Crippen LogP) is 2.07. The maximum Gasteiger partial charge on any atom is 0.341 e. The number of carbonyl (C=O) groups is 1. The second-order valence-corrected chi connectivity index (χ2v) is 7.78. The molecule has 2 atom stereocenters. The largest absolute Gasteiger partial charge is 0.477 e. The second-order valence-electron chi connectivity index (χ2n) is 7.78. The zero-order valence-electron chi connectivity index (χ0n) is 15.4. The molecule has 0 radical (unpaired) electrons. The van der Waals surface area contributed by atoms with Crippen LogP contribution in [-0.2, 0) is 0 Å². The molecule has 1 saturated carbocycles. The molecule has 0 spiro atoms. The normalized spacial score (nSPS) is 20.7. The Kier molecular flexibility index (Phi) is 4.29. The maximum atomic E-state index is 15.6. The third kappa shape index (κ3) is 2.72. The van der Waals surface area contributed by atoms with Gasteiger partial charge in [-0.15, -0.1) is 0 Å². The van der Waals surface area contributed by atoms with Gasteiger partial charge in [-0.05, 0) is 32.1 Å². The number of aromatic carboxylic acids is 1. The molecular weight excluding hydrogens is 370 g/mol. The number of hydrogen-bond acceptors (Lipinski definition) is 5. The lowest BCUT2D eigenvalue weighted by atomic mass is 10.0. The van der Waals surface area contributed by atoms with E-state index in [1.165, 1.54) is 4.57 Å². The summed E-state index contributed by atoms with van der Waals surface area (Å²) in [4.78, 5) is 25.7. The van der Waals surface area contributed by atoms with E-state index in [2.05, 4.69) is 0 Å². The van der Waals surface area contributed by atoms with Crippen LogP contribution in [0.2, 0.25) is 0 Å². The van der Waals surface area contributed by atoms with Gasteiger partial charge in [0.25, 0.3) is 0 Å². The van der Waals surface area contributed by atoms with Crippen LogP contribution in [-0.4, -0.2) is 34.8 Å². The molecule has 0 bridgehead atoms. The highest BCUT2D eigenvalue weighted by atomic mass is 19.1. The van der Waals surface area contributed by atoms with Crippen LogP contribution in [0.5, 0.6) is 0 Å². The van der Waals surface area contributed by atoms with E-state index < -0.39 is 39.7 Å². The molecule has 1 saturated heterocycles. The Bertz CT molecular complexity index is 1050. The van der Waals surface area contributed by atoms with Gasteiger partial charge < -0.3 is 26.0 Å². The van der Waals surface area contributed by atoms with Gasteiger partial charge in [0, 0.05) is 31.4 Å². The first kappa shape index (κ1) is 18.7. The zero-order chi connectivity index (χ0) is 20.3. The van der Waals surface area contributed by atoms with Crippen molar-refractivity contribution in [1.82, 2.24) is 4.57 Å². The van der Waals surface area contributed by atoms with Gasteiger partial charge in [0.05, 0.1) is 16.6 Å². The van der Waals surface area contributed by atoms with Gasteiger partial charge in [-0.1, -0.05) is 0 Å². The molecule has 9 heteroatoms. The van der Waals surface area contributed by atoms with Crippen LogP contribution in [0, 0.1) is 17.6 Å². The molecule has 2 heterocycles. The quantitative estimate of drug-likeness (QED) is 0.687. The highest BCUT2D eigenvalue weighted by Gasteiger charge is 2.35. The van der Waals surface area contributed by atoms with Crippen LogP contribution in [0.1, 0.15) is 42.6 Å². The van der Waals surface area contributed by atoms with E-state index in [1.807, 2.05) is 6.92 Å². The molecule has 2 fully saturated rings. The van der Waals surface area contributed by atoms with Crippen LogP contribution >= 0.6 is 0 Å². The van der Waals surface area contributed by atoms with Crippen molar-refractivity contribution in [2.75, 3.05) is 23.7 Å². The molecule has 28 heavy (non-hydrogen) atoms. The number of nitrogen functional groups attached to an aromatic ring is 1. The number of nitrogens with zero attached hydrogens (tertiary/aromatic N) is 2. The fourth-order valence-electron chi connectivity index (χ4n) is 4.04. The van der Waals surface area contributed by atoms with Gasteiger partial charge in [0.15, 0.2) is 11.6 Å². The van der Waals surface area contributed by atoms with E-state index in [9.17, 15) is 14.7 Å². The fraction of sp³-hybridized carbons (Fsp3) is 0.474. The van der Waals surface area contributed by atoms with Crippen molar-refractivity contribution in [3.63, 3.8) is 0 Å². The first-order valence-corrected chi connectivity index (χ1v) is 9.31. The number of nitrogens with two attached hydrogens (primary N) is 2. The van der Waals surface area contributed by atoms with Crippen molar-refractivity contribution >= 4 is 28.2 Å². The van der Waals surface area contributed by atoms with Crippen LogP contribution < -0.4 is 21.8 Å². The van der Waals surface area contributed by atoms with Gasteiger partial charge in [0.2, 0.25) is 5.43 Å². The Balaban J connectivity index is 2.00. The highest BCUT2D eigenvalue weighted by Crippen LogP contribution is 2.42. The van der Waals surface area contributed by atoms with Crippen molar-refractivity contribution < 1.29 is 18.7 Å². The number of halogens is 2. The molecule has 5 N–H and O–H groups in total. The third-order valence-corrected chi connectivity index (χ3v) is 5.82. The van der Waals surface area contributed by atoms with Crippen molar-refractivity contribution in [3.8, 4) is 0 Å². The summed E-state index contributed by atoms with van der Waals surface area (Å²) < 4.78 is 32.1. The number of aromatic nitrogens is 1. The molecular formula is C19H22F2N4O3. The molecule has 4 rings (SSSR count). The maximum absolute atomic E-state index is 15.6. The second kappa shape index (κ2) is 6.44. The van der Waals surface area contributed by atoms with Crippen LogP contribution in [0.25, 0.3) is 10.9 Å². The highest BCUT2D eigenvalue weighted by molar-refractivity contribution is 5.99. The fourth-order valence-corrected chi connectivity index (χ4v) is 4.04. The van der Waals surface area contributed by atoms with E-state index in [0.29, 0.717) is 19.5 Å². The summed E-state index contributed by atoms with van der Waals surface area (Å²) in [5.74, 6) is -3.27. The van der Waals surface area contributed by atoms with E-state index in [-0.39, 0.29) is 29.2 Å². The van der Waals surface area contributed by atoms with Crippen molar-refractivity contribution in [3.05, 3.63) is 33.6 Å². The van der Waals surface area contributed by atoms with Crippen LogP contribution in [0.4, 0.5) is 20.2 Å². The number of hydrogen-bond donors (Lipinski definition) is 3. The van der Waals surface area contributed by atoms with Crippen LogP contribution in [0.3, 0.4) is 0 Å². The lowest BCUT2D eigenvalue weighted by molar-refractivity contribution is 0.0695. The Morgan fingerprint density at radius 3 is 2.50 bits per heavy atom. The summed E-state index contributed by atoms with van der Waals surface area (Å²) in [5, 5.41) is 8.92. The van der Waals surface area contributed by atoms with E-state index >= 15 is 8.78 Å². The summed E-state index contributed by atoms with van der Waals surface area (Å²) >= 11 is 0. The molecule has 1 aromatic carbocycles. The standard InChI is InChI=1S/C19H22F2N4O3/c1-8(22)9-4-5-24(6-9)17-13(20)15(23)12-16(14(17)21)25(10-2-3-10)7-11(18(12)26)19(27)28/h7-10H,2-6,22-23H2,1H3,(H,27,28)/t8?,9-/m1/s1. The first-order chi connectivity index (χ1) is 13.2. The molecule has 1 unspecified atom stereocenters. The first-order valence-electron chi connectivity index (χ1n) is 9.31. The zero-order valence-corrected chi connectivity index (χ0v) is 15.4. The SMILES string of the molecule is CC(N)[C@@H]1CCN(c2c(F)c(N)c3c(=O)c(C(=O)O)cn(C4CC4)c3c2F)C1. The summed E-state index contributed by atoms with van der Waals surface area (Å²) in [6, 6.07) is -0.250. The van der Waals surface area contributed by atoms with Crippen molar-refractivity contribution in [2.45, 2.75) is 38.3 Å². The minimum Gasteiger partial charge on any atom is -0.477 e. The topological polar surface area (TPSA) is 115 Å². The minimum atomic E-state index is -1.45. The summed E-state index contributed by atoms with van der Waals surface area (Å²) in [5.41, 5.74) is 9.40. The Morgan fingerprint density at radius 1 is 1.29 bits per heavy atom. The van der Waals surface area contributed by atoms with Gasteiger partial charge in [0.1, 0.15) is 11.3 Å². The van der Waals surface area contributed by atoms with Crippen molar-refractivity contribution in [1.29, 1.82) is 0 Å². The number of fused-ring (bicyclic) bond motifs is 1. The monoisotopic (exact) mass is 392 g/mol. The Labute approximate surface area is 159 Å². The average molecular weight is 392 g/mol. The molecule has 1 aliphatic carbocycles. The Hall–Kier alpha value is -2.68. The summed E-state index contributed by atoms with van der Waals surface area (Å²) in [6.07, 6.45) is 3.28. The minimum absolute atomic E-state index is 0.0933. The number of benzene rings is 1. The number of carboxylic acids is 1. The number of pyridine rings is 1. The molecule has 2 aromatic rings. The predicted molar refractivity (Wildman–Crippen MR) is 102 cm³/mol. The lowest BCUT2D eigenvalue weighted by Crippen LogP contribution is -2.31. The van der Waals surface area contributed by atoms with Crippen molar-refractivity contribution in [2.24, 2.45) is 11.7 Å². The molecule has 0 amide bonds. The number of carboxylic acid groups (broad SMARTS) is 1. The van der Waals surface area contributed by atoms with E-state index in [1.54, 1.807) is 4.90 Å². The Morgan fingerprint density at radius 2 is 1.96 bits per heavy atom. The average Bonchev–Trinajstić information content (AvgIpc) is 3.36. The molecule has 1 aliphatic heterocycles. The van der Waals surface area contributed by atoms with Crippen LogP contribution in [0.15, 0.2) is 11.0 Å². The van der Waals surface area contributed by atoms with E-state index in [0.717, 1.165) is 19.0 Å². The molecule has 7 nitrogen and oxygen atoms in total. The summed E-state index contributed by atoms with van der Waals surface area (Å²) in [6.45, 7) is 2.66. The molecule has 150 valence electrons. The van der Waals surface area contributed by atoms with E-state index in [4.69, 9.17) is 11.5 Å². The van der Waals surface area contributed by atoms with Gasteiger partial charge in [-0.2, -0.15) is 0 Å². The number of rotatable bonds is 4.